The van der Waals surface area contributed by atoms with Crippen LogP contribution in [0.4, 0.5) is 0 Å². The predicted molar refractivity (Wildman–Crippen MR) is 93.3 cm³/mol. The number of aliphatic carboxylic acids is 1. The molecule has 124 valence electrons. The van der Waals surface area contributed by atoms with Crippen LogP contribution in [0.15, 0.2) is 64.4 Å². The Morgan fingerprint density at radius 1 is 0.958 bits per heavy atom. The summed E-state index contributed by atoms with van der Waals surface area (Å²) >= 11 is 1.57. The number of amides is 1. The number of carbonyl (C=O) groups is 2. The van der Waals surface area contributed by atoms with Crippen molar-refractivity contribution in [3.05, 3.63) is 60.2 Å². The van der Waals surface area contributed by atoms with Crippen molar-refractivity contribution >= 4 is 23.6 Å². The Bertz CT molecular complexity index is 724. The first-order valence-electron chi connectivity index (χ1n) is 7.99. The van der Waals surface area contributed by atoms with E-state index in [1.807, 2.05) is 54.6 Å². The predicted octanol–water partition coefficient (Wildman–Crippen LogP) is 3.77. The highest BCUT2D eigenvalue weighted by Crippen LogP contribution is 2.31. The molecule has 3 rings (SSSR count). The fourth-order valence-corrected chi connectivity index (χ4v) is 3.81. The van der Waals surface area contributed by atoms with Gasteiger partial charge in [0.2, 0.25) is 0 Å². The van der Waals surface area contributed by atoms with Crippen molar-refractivity contribution < 1.29 is 14.7 Å². The molecule has 1 amide bonds. The van der Waals surface area contributed by atoms with Gasteiger partial charge in [-0.1, -0.05) is 42.1 Å². The summed E-state index contributed by atoms with van der Waals surface area (Å²) in [6.45, 7) is 1.00. The van der Waals surface area contributed by atoms with Gasteiger partial charge in [-0.3, -0.25) is 9.59 Å². The number of carboxylic acids is 1. The Morgan fingerprint density at radius 2 is 1.58 bits per heavy atom. The lowest BCUT2D eigenvalue weighted by atomic mass is 9.96. The quantitative estimate of drug-likeness (QED) is 0.919. The molecule has 0 atom stereocenters. The third kappa shape index (κ3) is 3.79. The molecular weight excluding hydrogens is 322 g/mol. The van der Waals surface area contributed by atoms with E-state index in [4.69, 9.17) is 5.11 Å². The second kappa shape index (κ2) is 7.53. The van der Waals surface area contributed by atoms with Gasteiger partial charge in [0.25, 0.3) is 5.91 Å². The number of rotatable bonds is 4. The third-order valence-electron chi connectivity index (χ3n) is 4.22. The minimum absolute atomic E-state index is 0.0159. The first-order chi connectivity index (χ1) is 11.6. The van der Waals surface area contributed by atoms with E-state index in [1.165, 1.54) is 0 Å². The maximum Gasteiger partial charge on any atom is 0.306 e. The van der Waals surface area contributed by atoms with Crippen LogP contribution in [0.5, 0.6) is 0 Å². The third-order valence-corrected chi connectivity index (χ3v) is 5.30. The summed E-state index contributed by atoms with van der Waals surface area (Å²) in [5, 5.41) is 9.08. The maximum atomic E-state index is 12.9. The molecule has 1 aliphatic rings. The fraction of sp³-hybridized carbons (Fsp3) is 0.263. The minimum atomic E-state index is -0.762. The highest BCUT2D eigenvalue weighted by molar-refractivity contribution is 7.99. The van der Waals surface area contributed by atoms with E-state index in [-0.39, 0.29) is 11.8 Å². The molecule has 0 bridgehead atoms. The Kier molecular flexibility index (Phi) is 5.20. The van der Waals surface area contributed by atoms with Crippen LogP contribution in [0, 0.1) is 5.92 Å². The molecule has 0 radical (unpaired) electrons. The summed E-state index contributed by atoms with van der Waals surface area (Å²) < 4.78 is 0. The zero-order chi connectivity index (χ0) is 16.9. The minimum Gasteiger partial charge on any atom is -0.481 e. The summed E-state index contributed by atoms with van der Waals surface area (Å²) in [5.41, 5.74) is 0.681. The van der Waals surface area contributed by atoms with Gasteiger partial charge in [-0.05, 0) is 37.1 Å². The van der Waals surface area contributed by atoms with Gasteiger partial charge in [0.05, 0.1) is 11.5 Å². The average Bonchev–Trinajstić information content (AvgIpc) is 2.62. The number of carboxylic acid groups (broad SMARTS) is 1. The van der Waals surface area contributed by atoms with E-state index in [0.29, 0.717) is 31.5 Å². The van der Waals surface area contributed by atoms with Crippen LogP contribution in [0.3, 0.4) is 0 Å². The molecule has 1 N–H and O–H groups in total. The maximum absolute atomic E-state index is 12.9. The monoisotopic (exact) mass is 341 g/mol. The van der Waals surface area contributed by atoms with Gasteiger partial charge >= 0.3 is 5.97 Å². The Morgan fingerprint density at radius 3 is 2.25 bits per heavy atom. The van der Waals surface area contributed by atoms with Crippen molar-refractivity contribution in [3.63, 3.8) is 0 Å². The summed E-state index contributed by atoms with van der Waals surface area (Å²) in [6.07, 6.45) is 1.05. The van der Waals surface area contributed by atoms with Crippen molar-refractivity contribution in [1.29, 1.82) is 0 Å². The van der Waals surface area contributed by atoms with Crippen LogP contribution in [-0.2, 0) is 4.79 Å². The molecule has 2 aromatic carbocycles. The molecule has 1 heterocycles. The summed E-state index contributed by atoms with van der Waals surface area (Å²) in [5.74, 6) is -1.11. The number of piperidine rings is 1. The lowest BCUT2D eigenvalue weighted by molar-refractivity contribution is -0.143. The summed E-state index contributed by atoms with van der Waals surface area (Å²) in [6, 6.07) is 17.5. The second-order valence-corrected chi connectivity index (χ2v) is 6.93. The standard InChI is InChI=1S/C19H19NO3S/c21-18(20-12-10-14(11-13-20)19(22)23)16-8-4-5-9-17(16)24-15-6-2-1-3-7-15/h1-9,14H,10-13H2,(H,22,23). The highest BCUT2D eigenvalue weighted by atomic mass is 32.2. The molecule has 0 aromatic heterocycles. The molecule has 1 saturated heterocycles. The van der Waals surface area contributed by atoms with E-state index < -0.39 is 5.97 Å². The van der Waals surface area contributed by atoms with Gasteiger partial charge in [-0.25, -0.2) is 0 Å². The van der Waals surface area contributed by atoms with Gasteiger partial charge in [-0.15, -0.1) is 0 Å². The van der Waals surface area contributed by atoms with Crippen LogP contribution in [-0.4, -0.2) is 35.0 Å². The van der Waals surface area contributed by atoms with Crippen LogP contribution >= 0.6 is 11.8 Å². The summed E-state index contributed by atoms with van der Waals surface area (Å²) in [7, 11) is 0. The Hall–Kier alpha value is -2.27. The summed E-state index contributed by atoms with van der Waals surface area (Å²) in [4.78, 5) is 27.7. The van der Waals surface area contributed by atoms with Gasteiger partial charge in [0, 0.05) is 22.9 Å². The van der Waals surface area contributed by atoms with E-state index in [2.05, 4.69) is 0 Å². The van der Waals surface area contributed by atoms with Crippen LogP contribution in [0.25, 0.3) is 0 Å². The largest absolute Gasteiger partial charge is 0.481 e. The van der Waals surface area contributed by atoms with Crippen LogP contribution in [0.1, 0.15) is 23.2 Å². The van der Waals surface area contributed by atoms with Gasteiger partial charge in [-0.2, -0.15) is 0 Å². The van der Waals surface area contributed by atoms with Crippen molar-refractivity contribution in [2.45, 2.75) is 22.6 Å². The Labute approximate surface area is 145 Å². The van der Waals surface area contributed by atoms with E-state index >= 15 is 0 Å². The first kappa shape index (κ1) is 16.6. The van der Waals surface area contributed by atoms with Gasteiger partial charge in [0.1, 0.15) is 0 Å². The second-order valence-electron chi connectivity index (χ2n) is 5.82. The molecule has 4 nitrogen and oxygen atoms in total. The number of carbonyl (C=O) groups excluding carboxylic acids is 1. The van der Waals surface area contributed by atoms with Crippen molar-refractivity contribution in [2.75, 3.05) is 13.1 Å². The van der Waals surface area contributed by atoms with Gasteiger partial charge in [0.15, 0.2) is 0 Å². The van der Waals surface area contributed by atoms with E-state index in [0.717, 1.165) is 9.79 Å². The average molecular weight is 341 g/mol. The molecule has 1 fully saturated rings. The molecule has 0 aliphatic carbocycles. The van der Waals surface area contributed by atoms with Crippen molar-refractivity contribution in [1.82, 2.24) is 4.90 Å². The molecule has 0 saturated carbocycles. The van der Waals surface area contributed by atoms with E-state index in [1.54, 1.807) is 16.7 Å². The number of nitrogens with zero attached hydrogens (tertiary/aromatic N) is 1. The molecular formula is C19H19NO3S. The van der Waals surface area contributed by atoms with Crippen LogP contribution < -0.4 is 0 Å². The molecule has 2 aromatic rings. The Balaban J connectivity index is 1.75. The zero-order valence-electron chi connectivity index (χ0n) is 13.2. The highest BCUT2D eigenvalue weighted by Gasteiger charge is 2.28. The molecule has 0 spiro atoms. The molecule has 5 heteroatoms. The van der Waals surface area contributed by atoms with Crippen molar-refractivity contribution in [2.24, 2.45) is 5.92 Å². The van der Waals surface area contributed by atoms with Crippen molar-refractivity contribution in [3.8, 4) is 0 Å². The number of hydrogen-bond acceptors (Lipinski definition) is 3. The number of hydrogen-bond donors (Lipinski definition) is 1. The normalized spacial score (nSPS) is 15.2. The molecule has 0 unspecified atom stereocenters. The lowest BCUT2D eigenvalue weighted by Crippen LogP contribution is -2.40. The smallest absolute Gasteiger partial charge is 0.306 e. The molecule has 24 heavy (non-hydrogen) atoms. The lowest BCUT2D eigenvalue weighted by Gasteiger charge is -2.30. The van der Waals surface area contributed by atoms with Crippen LogP contribution in [0.2, 0.25) is 0 Å². The van der Waals surface area contributed by atoms with E-state index in [9.17, 15) is 9.59 Å². The fourth-order valence-electron chi connectivity index (χ4n) is 2.85. The zero-order valence-corrected chi connectivity index (χ0v) is 14.0. The molecule has 1 aliphatic heterocycles. The topological polar surface area (TPSA) is 57.6 Å². The van der Waals surface area contributed by atoms with Gasteiger partial charge < -0.3 is 10.0 Å². The number of benzene rings is 2. The first-order valence-corrected chi connectivity index (χ1v) is 8.81. The SMILES string of the molecule is O=C(O)C1CCN(C(=O)c2ccccc2Sc2ccccc2)CC1. The number of likely N-dealkylation sites (tertiary alicyclic amines) is 1.